The molecule has 0 radical (unpaired) electrons. The van der Waals surface area contributed by atoms with Gasteiger partial charge in [-0.1, -0.05) is 26.0 Å². The Morgan fingerprint density at radius 2 is 1.90 bits per heavy atom. The van der Waals surface area contributed by atoms with E-state index in [1.807, 2.05) is 6.07 Å². The Labute approximate surface area is 124 Å². The summed E-state index contributed by atoms with van der Waals surface area (Å²) >= 11 is 0. The second-order valence-corrected chi connectivity index (χ2v) is 6.79. The molecule has 0 bridgehead atoms. The summed E-state index contributed by atoms with van der Waals surface area (Å²) in [6.45, 7) is 3.29. The molecule has 0 aliphatic rings. The molecule has 0 saturated carbocycles. The van der Waals surface area contributed by atoms with E-state index < -0.39 is 21.9 Å². The van der Waals surface area contributed by atoms with Gasteiger partial charge < -0.3 is 5.11 Å². The third kappa shape index (κ3) is 4.85. The Bertz CT molecular complexity index is 630. The summed E-state index contributed by atoms with van der Waals surface area (Å²) in [4.78, 5) is 11.1. The van der Waals surface area contributed by atoms with Crippen LogP contribution in [0.25, 0.3) is 0 Å². The number of carbonyl (C=O) groups is 1. The van der Waals surface area contributed by atoms with Crippen molar-refractivity contribution in [3.63, 3.8) is 0 Å². The van der Waals surface area contributed by atoms with Gasteiger partial charge in [-0.2, -0.15) is 5.26 Å². The molecule has 6 nitrogen and oxygen atoms in total. The number of nitrogens with zero attached hydrogens (tertiary/aromatic N) is 1. The van der Waals surface area contributed by atoms with E-state index in [0.29, 0.717) is 0 Å². The highest BCUT2D eigenvalue weighted by molar-refractivity contribution is 7.89. The van der Waals surface area contributed by atoms with Crippen molar-refractivity contribution in [3.05, 3.63) is 29.8 Å². The lowest BCUT2D eigenvalue weighted by molar-refractivity contribution is -0.142. The van der Waals surface area contributed by atoms with Gasteiger partial charge in [0.2, 0.25) is 10.0 Å². The molecule has 0 fully saturated rings. The third-order valence-corrected chi connectivity index (χ3v) is 4.57. The van der Waals surface area contributed by atoms with Crippen molar-refractivity contribution >= 4 is 16.0 Å². The van der Waals surface area contributed by atoms with E-state index in [1.165, 1.54) is 12.1 Å². The average molecular weight is 310 g/mol. The number of carboxylic acid groups (broad SMARTS) is 1. The van der Waals surface area contributed by atoms with E-state index in [9.17, 15) is 13.2 Å². The summed E-state index contributed by atoms with van der Waals surface area (Å²) in [5, 5.41) is 17.6. The zero-order chi connectivity index (χ0) is 16.0. The Hall–Kier alpha value is -1.91. The van der Waals surface area contributed by atoms with Gasteiger partial charge >= 0.3 is 5.97 Å². The largest absolute Gasteiger partial charge is 0.481 e. The number of aliphatic carboxylic acids is 1. The van der Waals surface area contributed by atoms with Gasteiger partial charge in [0, 0.05) is 6.54 Å². The summed E-state index contributed by atoms with van der Waals surface area (Å²) in [5.41, 5.74) is 0.724. The van der Waals surface area contributed by atoms with E-state index >= 15 is 0 Å². The Morgan fingerprint density at radius 1 is 1.33 bits per heavy atom. The molecule has 114 valence electrons. The van der Waals surface area contributed by atoms with Crippen molar-refractivity contribution < 1.29 is 18.3 Å². The highest BCUT2D eigenvalue weighted by atomic mass is 32.2. The molecule has 0 saturated heterocycles. The lowest BCUT2D eigenvalue weighted by atomic mass is 9.97. The summed E-state index contributed by atoms with van der Waals surface area (Å²) in [5.74, 6) is -1.99. The molecule has 1 aromatic rings. The highest BCUT2D eigenvalue weighted by Crippen LogP contribution is 2.14. The number of benzene rings is 1. The topological polar surface area (TPSA) is 107 Å². The monoisotopic (exact) mass is 310 g/mol. The van der Waals surface area contributed by atoms with Gasteiger partial charge in [-0.05, 0) is 23.6 Å². The molecule has 0 aliphatic carbocycles. The molecule has 0 amide bonds. The van der Waals surface area contributed by atoms with Gasteiger partial charge in [-0.15, -0.1) is 0 Å². The van der Waals surface area contributed by atoms with Crippen molar-refractivity contribution in [3.8, 4) is 6.07 Å². The maximum Gasteiger partial charge on any atom is 0.308 e. The van der Waals surface area contributed by atoms with Crippen molar-refractivity contribution in [2.24, 2.45) is 11.8 Å². The molecular formula is C14H18N2O4S. The van der Waals surface area contributed by atoms with Crippen molar-refractivity contribution in [1.82, 2.24) is 4.72 Å². The van der Waals surface area contributed by atoms with Crippen molar-refractivity contribution in [1.29, 1.82) is 5.26 Å². The molecule has 1 unspecified atom stereocenters. The van der Waals surface area contributed by atoms with Crippen LogP contribution in [-0.2, 0) is 21.2 Å². The van der Waals surface area contributed by atoms with Crippen LogP contribution in [-0.4, -0.2) is 26.0 Å². The van der Waals surface area contributed by atoms with Crippen molar-refractivity contribution in [2.75, 3.05) is 6.54 Å². The zero-order valence-electron chi connectivity index (χ0n) is 11.9. The van der Waals surface area contributed by atoms with Gasteiger partial charge in [0.15, 0.2) is 0 Å². The van der Waals surface area contributed by atoms with Crippen LogP contribution in [0, 0.1) is 23.2 Å². The smallest absolute Gasteiger partial charge is 0.308 e. The minimum Gasteiger partial charge on any atom is -0.481 e. The van der Waals surface area contributed by atoms with Gasteiger partial charge in [0.05, 0.1) is 23.3 Å². The minimum atomic E-state index is -3.75. The van der Waals surface area contributed by atoms with E-state index in [-0.39, 0.29) is 23.8 Å². The predicted octanol–water partition coefficient (Wildman–Crippen LogP) is 1.39. The van der Waals surface area contributed by atoms with Gasteiger partial charge in [-0.3, -0.25) is 4.79 Å². The first-order valence-electron chi connectivity index (χ1n) is 6.46. The van der Waals surface area contributed by atoms with E-state index in [4.69, 9.17) is 10.4 Å². The Kier molecular flexibility index (Phi) is 5.88. The first-order valence-corrected chi connectivity index (χ1v) is 7.94. The molecule has 2 N–H and O–H groups in total. The molecule has 7 heteroatoms. The fraction of sp³-hybridized carbons (Fsp3) is 0.429. The van der Waals surface area contributed by atoms with Crippen LogP contribution in [0.3, 0.4) is 0 Å². The van der Waals surface area contributed by atoms with Crippen LogP contribution >= 0.6 is 0 Å². The number of hydrogen-bond donors (Lipinski definition) is 2. The second kappa shape index (κ2) is 7.20. The maximum atomic E-state index is 12.1. The normalized spacial score (nSPS) is 12.9. The Balaban J connectivity index is 2.82. The summed E-state index contributed by atoms with van der Waals surface area (Å²) in [6, 6.07) is 7.91. The molecule has 1 aromatic carbocycles. The first kappa shape index (κ1) is 17.1. The lowest BCUT2D eigenvalue weighted by Crippen LogP contribution is -2.35. The highest BCUT2D eigenvalue weighted by Gasteiger charge is 2.24. The van der Waals surface area contributed by atoms with Gasteiger partial charge in [0.1, 0.15) is 0 Å². The van der Waals surface area contributed by atoms with Crippen LogP contribution < -0.4 is 4.72 Å². The number of carboxylic acids is 1. The molecule has 0 aliphatic heterocycles. The Morgan fingerprint density at radius 3 is 2.33 bits per heavy atom. The third-order valence-electron chi connectivity index (χ3n) is 3.13. The van der Waals surface area contributed by atoms with E-state index in [1.54, 1.807) is 26.0 Å². The molecule has 0 spiro atoms. The molecule has 21 heavy (non-hydrogen) atoms. The average Bonchev–Trinajstić information content (AvgIpc) is 2.39. The zero-order valence-corrected chi connectivity index (χ0v) is 12.7. The molecular weight excluding hydrogens is 292 g/mol. The quantitative estimate of drug-likeness (QED) is 0.791. The van der Waals surface area contributed by atoms with Crippen molar-refractivity contribution in [2.45, 2.75) is 25.2 Å². The minimum absolute atomic E-state index is 0.0529. The lowest BCUT2D eigenvalue weighted by Gasteiger charge is -2.16. The molecule has 0 aromatic heterocycles. The number of hydrogen-bond acceptors (Lipinski definition) is 4. The molecule has 1 atom stereocenters. The number of sulfonamides is 1. The van der Waals surface area contributed by atoms with E-state index in [2.05, 4.69) is 4.72 Å². The fourth-order valence-electron chi connectivity index (χ4n) is 1.77. The standard InChI is InChI=1S/C14H18N2O4S/c1-10(2)13(14(17)18)9-16-21(19,20)12-5-3-11(4-6-12)7-8-15/h3-6,10,13,16H,7,9H2,1-2H3,(H,17,18). The SMILES string of the molecule is CC(C)C(CNS(=O)(=O)c1ccc(CC#N)cc1)C(=O)O. The number of nitriles is 1. The summed E-state index contributed by atoms with van der Waals surface area (Å²) in [6.07, 6.45) is 0.211. The molecule has 0 heterocycles. The van der Waals surface area contributed by atoms with Crippen LogP contribution in [0.15, 0.2) is 29.2 Å². The van der Waals surface area contributed by atoms with Gasteiger partial charge in [-0.25, -0.2) is 13.1 Å². The predicted molar refractivity (Wildman–Crippen MR) is 76.9 cm³/mol. The molecule has 1 rings (SSSR count). The van der Waals surface area contributed by atoms with E-state index in [0.717, 1.165) is 5.56 Å². The van der Waals surface area contributed by atoms with Crippen LogP contribution in [0.2, 0.25) is 0 Å². The summed E-state index contributed by atoms with van der Waals surface area (Å²) < 4.78 is 26.5. The first-order chi connectivity index (χ1) is 9.77. The summed E-state index contributed by atoms with van der Waals surface area (Å²) in [7, 11) is -3.75. The van der Waals surface area contributed by atoms with Crippen LogP contribution in [0.1, 0.15) is 19.4 Å². The van der Waals surface area contributed by atoms with Crippen LogP contribution in [0.4, 0.5) is 0 Å². The maximum absolute atomic E-state index is 12.1. The number of rotatable bonds is 7. The fourth-order valence-corrected chi connectivity index (χ4v) is 2.83. The number of nitrogens with one attached hydrogen (secondary N) is 1. The van der Waals surface area contributed by atoms with Crippen LogP contribution in [0.5, 0.6) is 0 Å². The second-order valence-electron chi connectivity index (χ2n) is 5.02. The van der Waals surface area contributed by atoms with Gasteiger partial charge in [0.25, 0.3) is 0 Å².